The van der Waals surface area contributed by atoms with Crippen LogP contribution in [0.4, 0.5) is 11.4 Å². The van der Waals surface area contributed by atoms with Gasteiger partial charge in [-0.05, 0) is 38.1 Å². The van der Waals surface area contributed by atoms with Crippen molar-refractivity contribution in [2.24, 2.45) is 0 Å². The zero-order valence-electron chi connectivity index (χ0n) is 23.7. The van der Waals surface area contributed by atoms with Gasteiger partial charge in [-0.25, -0.2) is 10.5 Å². The van der Waals surface area contributed by atoms with Crippen molar-refractivity contribution in [3.63, 3.8) is 0 Å². The highest BCUT2D eigenvalue weighted by Gasteiger charge is 2.48. The molecule has 0 aliphatic rings. The van der Waals surface area contributed by atoms with E-state index >= 15 is 0 Å². The van der Waals surface area contributed by atoms with Crippen LogP contribution in [0.15, 0.2) is 97.1 Å². The van der Waals surface area contributed by atoms with E-state index in [4.69, 9.17) is 19.6 Å². The Morgan fingerprint density at radius 3 is 1.18 bits per heavy atom. The van der Waals surface area contributed by atoms with Crippen LogP contribution < -0.4 is 9.80 Å². The smallest absolute Gasteiger partial charge is 0.286 e. The summed E-state index contributed by atoms with van der Waals surface area (Å²) in [6.45, 7) is 3.86. The highest BCUT2D eigenvalue weighted by atomic mass is 17.3. The van der Waals surface area contributed by atoms with Gasteiger partial charge in [0, 0.05) is 61.8 Å². The van der Waals surface area contributed by atoms with Crippen LogP contribution in [-0.4, -0.2) is 38.7 Å². The number of aryl methyl sites for hydroxylation is 2. The second-order valence-electron chi connectivity index (χ2n) is 10.1. The Kier molecular flexibility index (Phi) is 8.90. The molecule has 2 N–H and O–H groups in total. The van der Waals surface area contributed by atoms with Gasteiger partial charge >= 0.3 is 0 Å². The van der Waals surface area contributed by atoms with E-state index in [0.717, 1.165) is 11.1 Å². The molecule has 0 saturated carbocycles. The van der Waals surface area contributed by atoms with E-state index in [1.54, 1.807) is 48.5 Å². The number of nitrogens with zero attached hydrogens (tertiary/aromatic N) is 2. The summed E-state index contributed by atoms with van der Waals surface area (Å²) in [5.41, 5.74) is 5.09. The number of hydrogen-bond acceptors (Lipinski definition) is 8. The first-order valence-corrected chi connectivity index (χ1v) is 12.9. The van der Waals surface area contributed by atoms with Gasteiger partial charge in [0.15, 0.2) is 0 Å². The fourth-order valence-corrected chi connectivity index (χ4v) is 4.77. The molecule has 4 rings (SSSR count). The van der Waals surface area contributed by atoms with Crippen molar-refractivity contribution < 1.29 is 30.1 Å². The minimum absolute atomic E-state index is 0.447. The first kappa shape index (κ1) is 29.2. The minimum atomic E-state index is -1.98. The Morgan fingerprint density at radius 1 is 0.525 bits per heavy atom. The van der Waals surface area contributed by atoms with Crippen molar-refractivity contribution in [1.29, 1.82) is 0 Å². The van der Waals surface area contributed by atoms with Crippen molar-refractivity contribution in [3.8, 4) is 0 Å². The average molecular weight is 545 g/mol. The molecule has 0 spiro atoms. The molecule has 8 heteroatoms. The summed E-state index contributed by atoms with van der Waals surface area (Å²) >= 11 is 0. The fourth-order valence-electron chi connectivity index (χ4n) is 4.77. The summed E-state index contributed by atoms with van der Waals surface area (Å²) < 4.78 is 0. The van der Waals surface area contributed by atoms with Gasteiger partial charge < -0.3 is 9.80 Å². The van der Waals surface area contributed by atoms with Crippen LogP contribution in [0.25, 0.3) is 0 Å². The van der Waals surface area contributed by atoms with E-state index in [9.17, 15) is 10.5 Å². The SMILES string of the molecule is Cc1ccc(N(C)C)c(C(OO)(OOC(OO)(c2ccccc2)c2cc(C)ccc2N(C)C)c2ccccc2)c1. The van der Waals surface area contributed by atoms with Gasteiger partial charge in [-0.15, -0.1) is 0 Å². The number of rotatable bonds is 11. The molecule has 2 atom stereocenters. The predicted octanol–water partition coefficient (Wildman–Crippen LogP) is 6.47. The number of anilines is 2. The van der Waals surface area contributed by atoms with E-state index in [0.29, 0.717) is 33.6 Å². The second kappa shape index (κ2) is 12.2. The summed E-state index contributed by atoms with van der Waals surface area (Å²) in [6, 6.07) is 29.3. The minimum Gasteiger partial charge on any atom is -0.377 e. The standard InChI is InChI=1S/C32H36N2O6/c1-23-17-19-29(33(3)4)27(21-23)31(37-35,25-13-9-7-10-14-25)39-40-32(38-36,26-15-11-8-12-16-26)28-22-24(2)18-20-30(28)34(5)6/h7-22,35-36H,1-6H3. The highest BCUT2D eigenvalue weighted by molar-refractivity contribution is 5.59. The van der Waals surface area contributed by atoms with Crippen molar-refractivity contribution in [2.75, 3.05) is 38.0 Å². The molecule has 4 aromatic rings. The highest BCUT2D eigenvalue weighted by Crippen LogP contribution is 2.45. The molecule has 0 aromatic heterocycles. The fraction of sp³-hybridized carbons (Fsp3) is 0.250. The van der Waals surface area contributed by atoms with Crippen LogP contribution in [0.3, 0.4) is 0 Å². The molecular weight excluding hydrogens is 508 g/mol. The van der Waals surface area contributed by atoms with E-state index in [2.05, 4.69) is 0 Å². The van der Waals surface area contributed by atoms with Gasteiger partial charge in [0.05, 0.1) is 0 Å². The third kappa shape index (κ3) is 5.46. The Balaban J connectivity index is 1.98. The van der Waals surface area contributed by atoms with E-state index < -0.39 is 11.6 Å². The molecule has 40 heavy (non-hydrogen) atoms. The molecule has 4 aromatic carbocycles. The molecule has 2 unspecified atom stereocenters. The van der Waals surface area contributed by atoms with Crippen molar-refractivity contribution >= 4 is 11.4 Å². The first-order chi connectivity index (χ1) is 19.2. The normalized spacial score (nSPS) is 14.3. The molecular formula is C32H36N2O6. The van der Waals surface area contributed by atoms with E-state index in [-0.39, 0.29) is 0 Å². The van der Waals surface area contributed by atoms with E-state index in [1.165, 1.54) is 0 Å². The second-order valence-corrected chi connectivity index (χ2v) is 10.1. The van der Waals surface area contributed by atoms with Gasteiger partial charge in [0.25, 0.3) is 11.6 Å². The summed E-state index contributed by atoms with van der Waals surface area (Å²) in [4.78, 5) is 26.7. The molecule has 0 aliphatic carbocycles. The molecule has 0 fully saturated rings. The van der Waals surface area contributed by atoms with Gasteiger partial charge in [-0.1, -0.05) is 83.9 Å². The molecule has 0 saturated heterocycles. The Labute approximate surface area is 235 Å². The lowest BCUT2D eigenvalue weighted by molar-refractivity contribution is -0.566. The maximum atomic E-state index is 10.6. The molecule has 210 valence electrons. The van der Waals surface area contributed by atoms with Crippen molar-refractivity contribution in [2.45, 2.75) is 25.4 Å². The quantitative estimate of drug-likeness (QED) is 0.126. The van der Waals surface area contributed by atoms with Crippen molar-refractivity contribution in [3.05, 3.63) is 130 Å². The van der Waals surface area contributed by atoms with Crippen LogP contribution in [0.1, 0.15) is 33.4 Å². The lowest BCUT2D eigenvalue weighted by Crippen LogP contribution is -2.42. The zero-order chi connectivity index (χ0) is 28.9. The summed E-state index contributed by atoms with van der Waals surface area (Å²) in [6.07, 6.45) is 0. The Morgan fingerprint density at radius 2 is 0.875 bits per heavy atom. The van der Waals surface area contributed by atoms with Crippen LogP contribution in [0, 0.1) is 13.8 Å². The predicted molar refractivity (Wildman–Crippen MR) is 155 cm³/mol. The maximum absolute atomic E-state index is 10.6. The summed E-state index contributed by atoms with van der Waals surface area (Å²) in [7, 11) is 7.51. The molecule has 0 bridgehead atoms. The lowest BCUT2D eigenvalue weighted by atomic mass is 9.93. The zero-order valence-corrected chi connectivity index (χ0v) is 23.7. The molecule has 0 amide bonds. The molecule has 0 heterocycles. The Hall–Kier alpha value is -3.76. The molecule has 0 radical (unpaired) electrons. The van der Waals surface area contributed by atoms with Gasteiger partial charge in [0.2, 0.25) is 0 Å². The topological polar surface area (TPSA) is 83.9 Å². The van der Waals surface area contributed by atoms with Crippen LogP contribution in [0.2, 0.25) is 0 Å². The summed E-state index contributed by atoms with van der Waals surface area (Å²) in [5.74, 6) is -3.96. The largest absolute Gasteiger partial charge is 0.377 e. The van der Waals surface area contributed by atoms with Crippen LogP contribution >= 0.6 is 0 Å². The maximum Gasteiger partial charge on any atom is 0.286 e. The van der Waals surface area contributed by atoms with Gasteiger partial charge in [-0.3, -0.25) is 0 Å². The van der Waals surface area contributed by atoms with Crippen molar-refractivity contribution in [1.82, 2.24) is 0 Å². The average Bonchev–Trinajstić information content (AvgIpc) is 2.96. The lowest BCUT2D eigenvalue weighted by Gasteiger charge is -2.38. The third-order valence-electron chi connectivity index (χ3n) is 6.82. The van der Waals surface area contributed by atoms with Gasteiger partial charge in [0.1, 0.15) is 0 Å². The van der Waals surface area contributed by atoms with E-state index in [1.807, 2.05) is 100 Å². The monoisotopic (exact) mass is 544 g/mol. The molecule has 0 aliphatic heterocycles. The Bertz CT molecular complexity index is 1300. The molecule has 8 nitrogen and oxygen atoms in total. The van der Waals surface area contributed by atoms with Crippen LogP contribution in [-0.2, 0) is 31.1 Å². The first-order valence-electron chi connectivity index (χ1n) is 12.9. The van der Waals surface area contributed by atoms with Crippen LogP contribution in [0.5, 0.6) is 0 Å². The number of benzene rings is 4. The third-order valence-corrected chi connectivity index (χ3v) is 6.82. The summed E-state index contributed by atoms with van der Waals surface area (Å²) in [5, 5.41) is 21.3. The van der Waals surface area contributed by atoms with Gasteiger partial charge in [-0.2, -0.15) is 19.6 Å². The number of hydrogen-bond donors (Lipinski definition) is 2.